The average Bonchev–Trinajstić information content (AvgIpc) is 2.99. The Morgan fingerprint density at radius 3 is 2.72 bits per heavy atom. The van der Waals surface area contributed by atoms with E-state index in [1.165, 1.54) is 0 Å². The van der Waals surface area contributed by atoms with Crippen molar-refractivity contribution in [2.75, 3.05) is 5.32 Å². The Bertz CT molecular complexity index is 1130. The Morgan fingerprint density at radius 2 is 1.92 bits per heavy atom. The summed E-state index contributed by atoms with van der Waals surface area (Å²) in [5.41, 5.74) is 4.10. The van der Waals surface area contributed by atoms with Gasteiger partial charge in [0.1, 0.15) is 5.82 Å². The van der Waals surface area contributed by atoms with Crippen molar-refractivity contribution in [3.63, 3.8) is 0 Å². The summed E-state index contributed by atoms with van der Waals surface area (Å²) in [7, 11) is 0. The number of anilines is 2. The fourth-order valence-electron chi connectivity index (χ4n) is 2.82. The van der Waals surface area contributed by atoms with Gasteiger partial charge in [-0.1, -0.05) is 18.2 Å². The molecule has 0 bridgehead atoms. The lowest BCUT2D eigenvalue weighted by atomic mass is 10.1. The minimum absolute atomic E-state index is 0.211. The van der Waals surface area contributed by atoms with Gasteiger partial charge < -0.3 is 10.4 Å². The van der Waals surface area contributed by atoms with E-state index in [4.69, 9.17) is 0 Å². The van der Waals surface area contributed by atoms with Gasteiger partial charge in [-0.25, -0.2) is 9.78 Å². The number of nitrogens with zero attached hydrogens (tertiary/aromatic N) is 4. The van der Waals surface area contributed by atoms with Crippen LogP contribution in [0.3, 0.4) is 0 Å². The predicted molar refractivity (Wildman–Crippen MR) is 94.4 cm³/mol. The monoisotopic (exact) mass is 333 g/mol. The third-order valence-corrected chi connectivity index (χ3v) is 4.13. The van der Waals surface area contributed by atoms with Crippen molar-refractivity contribution in [2.24, 2.45) is 0 Å². The molecule has 2 N–H and O–H groups in total. The second-order valence-electron chi connectivity index (χ2n) is 5.82. The molecule has 2 aromatic carbocycles. The number of nitrogens with one attached hydrogen (secondary N) is 1. The van der Waals surface area contributed by atoms with Crippen molar-refractivity contribution in [3.8, 4) is 0 Å². The molecule has 4 rings (SSSR count). The first-order valence-electron chi connectivity index (χ1n) is 7.76. The quantitative estimate of drug-likeness (QED) is 0.597. The summed E-state index contributed by atoms with van der Waals surface area (Å²) < 4.78 is 1.93. The van der Waals surface area contributed by atoms with Crippen LogP contribution in [-0.2, 0) is 0 Å². The van der Waals surface area contributed by atoms with Crippen LogP contribution in [0.4, 0.5) is 11.5 Å². The van der Waals surface area contributed by atoms with E-state index < -0.39 is 5.97 Å². The lowest BCUT2D eigenvalue weighted by Gasteiger charge is -2.12. The van der Waals surface area contributed by atoms with Crippen LogP contribution in [-0.4, -0.2) is 30.7 Å². The van der Waals surface area contributed by atoms with E-state index in [2.05, 4.69) is 20.5 Å². The highest BCUT2D eigenvalue weighted by Crippen LogP contribution is 2.26. The molecule has 7 heteroatoms. The number of carboxylic acids is 1. The minimum atomic E-state index is -0.974. The zero-order valence-electron chi connectivity index (χ0n) is 13.7. The molecule has 4 aromatic rings. The Balaban J connectivity index is 1.92. The lowest BCUT2D eigenvalue weighted by molar-refractivity contribution is 0.0697. The summed E-state index contributed by atoms with van der Waals surface area (Å²) in [5.74, 6) is 0.315. The number of aryl methyl sites for hydroxylation is 2. The Morgan fingerprint density at radius 1 is 1.12 bits per heavy atom. The summed E-state index contributed by atoms with van der Waals surface area (Å²) in [4.78, 5) is 15.9. The third kappa shape index (κ3) is 2.46. The molecule has 0 fully saturated rings. The number of fused-ring (bicyclic) bond motifs is 3. The molecule has 0 saturated carbocycles. The van der Waals surface area contributed by atoms with Crippen molar-refractivity contribution >= 4 is 34.2 Å². The molecule has 0 aliphatic heterocycles. The molecule has 0 spiro atoms. The van der Waals surface area contributed by atoms with Gasteiger partial charge in [-0.3, -0.25) is 4.40 Å². The van der Waals surface area contributed by atoms with Gasteiger partial charge in [0.25, 0.3) is 0 Å². The van der Waals surface area contributed by atoms with Crippen LogP contribution in [0.15, 0.2) is 42.5 Å². The zero-order valence-corrected chi connectivity index (χ0v) is 13.7. The van der Waals surface area contributed by atoms with E-state index in [9.17, 15) is 9.90 Å². The van der Waals surface area contributed by atoms with Gasteiger partial charge >= 0.3 is 5.97 Å². The summed E-state index contributed by atoms with van der Waals surface area (Å²) >= 11 is 0. The number of benzene rings is 2. The number of para-hydroxylation sites is 2. The van der Waals surface area contributed by atoms with E-state index >= 15 is 0 Å². The second kappa shape index (κ2) is 5.55. The van der Waals surface area contributed by atoms with Crippen LogP contribution in [0, 0.1) is 13.8 Å². The molecular formula is C18H15N5O2. The van der Waals surface area contributed by atoms with E-state index in [0.717, 1.165) is 22.4 Å². The molecule has 124 valence electrons. The molecule has 0 aliphatic carbocycles. The molecule has 0 saturated heterocycles. The second-order valence-corrected chi connectivity index (χ2v) is 5.82. The maximum atomic E-state index is 11.2. The van der Waals surface area contributed by atoms with Gasteiger partial charge in [0.05, 0.1) is 16.6 Å². The highest BCUT2D eigenvalue weighted by Gasteiger charge is 2.14. The average molecular weight is 333 g/mol. The van der Waals surface area contributed by atoms with Gasteiger partial charge in [-0.05, 0) is 43.7 Å². The van der Waals surface area contributed by atoms with Crippen LogP contribution in [0.1, 0.15) is 21.7 Å². The predicted octanol–water partition coefficient (Wildman–Crippen LogP) is 3.34. The molecule has 0 atom stereocenters. The van der Waals surface area contributed by atoms with Gasteiger partial charge in [0.2, 0.25) is 5.65 Å². The number of carboxylic acid groups (broad SMARTS) is 1. The Labute approximate surface area is 143 Å². The standard InChI is InChI=1S/C18H15N5O2/c1-10-7-8-12(18(24)25)9-14(10)20-16-17-22-21-11(2)23(17)15-6-4-3-5-13(15)19-16/h3-9H,1-2H3,(H,19,20)(H,24,25). The van der Waals surface area contributed by atoms with Gasteiger partial charge in [-0.2, -0.15) is 0 Å². The van der Waals surface area contributed by atoms with Crippen LogP contribution in [0.25, 0.3) is 16.7 Å². The molecule has 25 heavy (non-hydrogen) atoms. The number of rotatable bonds is 3. The third-order valence-electron chi connectivity index (χ3n) is 4.13. The van der Waals surface area contributed by atoms with Crippen molar-refractivity contribution < 1.29 is 9.90 Å². The van der Waals surface area contributed by atoms with Crippen molar-refractivity contribution in [1.29, 1.82) is 0 Å². The minimum Gasteiger partial charge on any atom is -0.478 e. The largest absolute Gasteiger partial charge is 0.478 e. The normalized spacial score (nSPS) is 11.1. The fraction of sp³-hybridized carbons (Fsp3) is 0.111. The smallest absolute Gasteiger partial charge is 0.335 e. The van der Waals surface area contributed by atoms with Crippen molar-refractivity contribution in [1.82, 2.24) is 19.6 Å². The van der Waals surface area contributed by atoms with Crippen molar-refractivity contribution in [3.05, 3.63) is 59.4 Å². The SMILES string of the molecule is Cc1ccc(C(=O)O)cc1Nc1nc2ccccc2n2c(C)nnc12. The highest BCUT2D eigenvalue weighted by atomic mass is 16.4. The number of aromatic carboxylic acids is 1. The maximum Gasteiger partial charge on any atom is 0.335 e. The van der Waals surface area contributed by atoms with Gasteiger partial charge in [0.15, 0.2) is 5.82 Å². The summed E-state index contributed by atoms with van der Waals surface area (Å²) in [6.45, 7) is 3.79. The Kier molecular flexibility index (Phi) is 3.35. The van der Waals surface area contributed by atoms with E-state index in [1.807, 2.05) is 42.5 Å². The molecule has 0 unspecified atom stereocenters. The van der Waals surface area contributed by atoms with Crippen LogP contribution in [0.2, 0.25) is 0 Å². The molecule has 2 aromatic heterocycles. The number of hydrogen-bond donors (Lipinski definition) is 2. The summed E-state index contributed by atoms with van der Waals surface area (Å²) in [6, 6.07) is 12.7. The molecule has 0 radical (unpaired) electrons. The number of hydrogen-bond acceptors (Lipinski definition) is 5. The first kappa shape index (κ1) is 15.1. The lowest BCUT2D eigenvalue weighted by Crippen LogP contribution is -2.04. The molecule has 0 aliphatic rings. The Hall–Kier alpha value is -3.48. The molecule has 2 heterocycles. The fourth-order valence-corrected chi connectivity index (χ4v) is 2.82. The van der Waals surface area contributed by atoms with Crippen LogP contribution >= 0.6 is 0 Å². The van der Waals surface area contributed by atoms with E-state index in [0.29, 0.717) is 17.2 Å². The zero-order chi connectivity index (χ0) is 17.6. The van der Waals surface area contributed by atoms with E-state index in [1.54, 1.807) is 18.2 Å². The number of carbonyl (C=O) groups is 1. The molecular weight excluding hydrogens is 318 g/mol. The van der Waals surface area contributed by atoms with Gasteiger partial charge in [0, 0.05) is 5.69 Å². The summed E-state index contributed by atoms with van der Waals surface area (Å²) in [6.07, 6.45) is 0. The summed E-state index contributed by atoms with van der Waals surface area (Å²) in [5, 5.41) is 20.8. The molecule has 0 amide bonds. The first-order valence-corrected chi connectivity index (χ1v) is 7.76. The highest BCUT2D eigenvalue weighted by molar-refractivity contribution is 5.90. The topological polar surface area (TPSA) is 92.4 Å². The first-order chi connectivity index (χ1) is 12.0. The molecule has 7 nitrogen and oxygen atoms in total. The van der Waals surface area contributed by atoms with Gasteiger partial charge in [-0.15, -0.1) is 10.2 Å². The van der Waals surface area contributed by atoms with Crippen molar-refractivity contribution in [2.45, 2.75) is 13.8 Å². The van der Waals surface area contributed by atoms with E-state index in [-0.39, 0.29) is 5.56 Å². The maximum absolute atomic E-state index is 11.2. The van der Waals surface area contributed by atoms with Crippen LogP contribution in [0.5, 0.6) is 0 Å². The van der Waals surface area contributed by atoms with Crippen LogP contribution < -0.4 is 5.32 Å². The number of aromatic nitrogens is 4.